The molecule has 7 rings (SSSR count). The van der Waals surface area contributed by atoms with Crippen molar-refractivity contribution in [3.63, 3.8) is 0 Å². The standard InChI is InChI=1S/2C9H12O.C9H12.C7H10S.C6H9ClN2S.C6H10N2S.C5H9N3S/c1-7(2)8-3-5-9(10)6-4-8;1-8(2)10-9-6-4-3-5-7-9;1-8(2)9-6-4-3-5-7-9;1-6(2)7-4-3-5-8-7;1-3(2)4-5(7)10-6(8)9-4;1-4(2)5-3-9-6(7)8-5;1-3(2)4-7-5(6)9-8-4/h3-7,10H,1-2H3;3-8H,1-2H3;3-8H,1-2H3;3-6H,1-2H3;3H,1-2H3,(H2,8,9);3-4H,1-2H3,(H2,7,8);3H,1-2H3,(H2,6,7,8). The SMILES string of the molecule is CC(C)Oc1ccccc1.CC(C)c1ccc(O)cc1.CC(C)c1ccccc1.CC(C)c1cccs1.CC(C)c1csc(N)n1.CC(C)c1nc(N)sc1Cl.CC(C)c1nsc(N)n1. The number of phenols is 1. The fourth-order valence-electron chi connectivity index (χ4n) is 4.82. The lowest BCUT2D eigenvalue weighted by Crippen LogP contribution is -2.04. The van der Waals surface area contributed by atoms with E-state index in [-0.39, 0.29) is 6.10 Å². The Labute approximate surface area is 411 Å². The molecule has 7 aromatic rings. The third kappa shape index (κ3) is 26.3. The zero-order valence-electron chi connectivity index (χ0n) is 40.8. The van der Waals surface area contributed by atoms with Gasteiger partial charge in [-0.15, -0.1) is 22.7 Å². The molecule has 9 nitrogen and oxygen atoms in total. The molecule has 0 radical (unpaired) electrons. The molecule has 4 heterocycles. The van der Waals surface area contributed by atoms with Crippen LogP contribution in [0.5, 0.6) is 11.5 Å². The average Bonchev–Trinajstić information content (AvgIpc) is 4.09. The van der Waals surface area contributed by atoms with Crippen LogP contribution in [0.25, 0.3) is 0 Å². The largest absolute Gasteiger partial charge is 0.508 e. The number of nitrogens with zero attached hydrogens (tertiary/aromatic N) is 4. The molecule has 0 bridgehead atoms. The van der Waals surface area contributed by atoms with Crippen LogP contribution in [0, 0.1) is 0 Å². The minimum Gasteiger partial charge on any atom is -0.508 e. The van der Waals surface area contributed by atoms with Crippen LogP contribution in [-0.4, -0.2) is 30.5 Å². The molecule has 0 aliphatic carbocycles. The quantitative estimate of drug-likeness (QED) is 0.116. The summed E-state index contributed by atoms with van der Waals surface area (Å²) in [7, 11) is 0. The minimum absolute atomic E-state index is 0.266. The number of aromatic nitrogens is 4. The first kappa shape index (κ1) is 58.5. The number of halogens is 1. The summed E-state index contributed by atoms with van der Waals surface area (Å²) in [6, 6.07) is 32.0. The van der Waals surface area contributed by atoms with E-state index in [1.165, 1.54) is 50.2 Å². The molecule has 0 saturated carbocycles. The van der Waals surface area contributed by atoms with Crippen molar-refractivity contribution in [2.24, 2.45) is 0 Å². The van der Waals surface area contributed by atoms with Gasteiger partial charge < -0.3 is 27.0 Å². The van der Waals surface area contributed by atoms with E-state index in [1.807, 2.05) is 107 Å². The van der Waals surface area contributed by atoms with E-state index < -0.39 is 0 Å². The van der Waals surface area contributed by atoms with Crippen molar-refractivity contribution in [1.82, 2.24) is 19.3 Å². The maximum Gasteiger partial charge on any atom is 0.199 e. The lowest BCUT2D eigenvalue weighted by atomic mass is 10.0. The van der Waals surface area contributed by atoms with E-state index >= 15 is 0 Å². The van der Waals surface area contributed by atoms with Gasteiger partial charge in [-0.1, -0.05) is 173 Å². The normalized spacial score (nSPS) is 10.4. The Morgan fingerprint density at radius 2 is 1.09 bits per heavy atom. The van der Waals surface area contributed by atoms with Crippen molar-refractivity contribution >= 4 is 72.5 Å². The Morgan fingerprint density at radius 1 is 0.538 bits per heavy atom. The Balaban J connectivity index is 0.000000380. The number of thiophene rings is 1. The molecule has 0 fully saturated rings. The summed E-state index contributed by atoms with van der Waals surface area (Å²) in [5.74, 6) is 5.28. The maximum absolute atomic E-state index is 8.94. The summed E-state index contributed by atoms with van der Waals surface area (Å²) in [5.41, 5.74) is 20.9. The summed E-state index contributed by atoms with van der Waals surface area (Å²) < 4.78 is 10.2. The molecular formula is C51H74ClN7O2S4. The van der Waals surface area contributed by atoms with Gasteiger partial charge in [0.2, 0.25) is 0 Å². The number of phenolic OH excluding ortho intramolecular Hbond substituents is 1. The highest BCUT2D eigenvalue weighted by Crippen LogP contribution is 2.30. The third-order valence-corrected chi connectivity index (χ3v) is 12.1. The van der Waals surface area contributed by atoms with Gasteiger partial charge in [-0.2, -0.15) is 4.37 Å². The van der Waals surface area contributed by atoms with Crippen LogP contribution in [0.1, 0.15) is 166 Å². The Bertz CT molecular complexity index is 2160. The molecule has 3 aromatic carbocycles. The van der Waals surface area contributed by atoms with Crippen LogP contribution in [0.2, 0.25) is 4.34 Å². The predicted octanol–water partition coefficient (Wildman–Crippen LogP) is 16.3. The first-order valence-corrected chi connectivity index (χ1v) is 25.6. The molecule has 0 atom stereocenters. The first-order valence-electron chi connectivity index (χ1n) is 21.9. The smallest absolute Gasteiger partial charge is 0.199 e. The van der Waals surface area contributed by atoms with E-state index in [0.29, 0.717) is 61.0 Å². The Kier molecular flexibility index (Phi) is 29.0. The molecule has 0 aliphatic heterocycles. The highest BCUT2D eigenvalue weighted by Gasteiger charge is 2.10. The van der Waals surface area contributed by atoms with Crippen molar-refractivity contribution in [1.29, 1.82) is 0 Å². The number of nitrogen functional groups attached to an aromatic ring is 3. The Morgan fingerprint density at radius 3 is 1.38 bits per heavy atom. The Hall–Kier alpha value is -4.53. The van der Waals surface area contributed by atoms with Gasteiger partial charge in [-0.05, 0) is 90.3 Å². The van der Waals surface area contributed by atoms with Gasteiger partial charge in [0.05, 0.1) is 17.5 Å². The van der Waals surface area contributed by atoms with Gasteiger partial charge in [0.15, 0.2) is 15.4 Å². The fraction of sp³-hybridized carbons (Fsp3) is 0.412. The van der Waals surface area contributed by atoms with Crippen LogP contribution in [0.3, 0.4) is 0 Å². The average molecular weight is 981 g/mol. The topological polar surface area (TPSA) is 159 Å². The summed E-state index contributed by atoms with van der Waals surface area (Å²) in [4.78, 5) is 13.7. The molecule has 356 valence electrons. The summed E-state index contributed by atoms with van der Waals surface area (Å²) in [6.07, 6.45) is 0.266. The van der Waals surface area contributed by atoms with Gasteiger partial charge in [-0.3, -0.25) is 0 Å². The van der Waals surface area contributed by atoms with Crippen molar-refractivity contribution in [2.75, 3.05) is 17.2 Å². The van der Waals surface area contributed by atoms with Crippen molar-refractivity contribution in [3.05, 3.63) is 145 Å². The van der Waals surface area contributed by atoms with Crippen LogP contribution >= 0.6 is 57.1 Å². The predicted molar refractivity (Wildman–Crippen MR) is 288 cm³/mol. The minimum atomic E-state index is 0.266. The molecule has 0 amide bonds. The first-order chi connectivity index (χ1) is 30.6. The number of thiazole rings is 2. The molecule has 0 unspecified atom stereocenters. The van der Waals surface area contributed by atoms with Crippen LogP contribution in [-0.2, 0) is 0 Å². The van der Waals surface area contributed by atoms with Gasteiger partial charge in [0, 0.05) is 27.7 Å². The van der Waals surface area contributed by atoms with E-state index in [1.54, 1.807) is 12.1 Å². The number of rotatable bonds is 8. The number of hydrogen-bond acceptors (Lipinski definition) is 13. The van der Waals surface area contributed by atoms with Crippen molar-refractivity contribution in [2.45, 2.75) is 139 Å². The van der Waals surface area contributed by atoms with Gasteiger partial charge in [-0.25, -0.2) is 15.0 Å². The molecule has 0 spiro atoms. The lowest BCUT2D eigenvalue weighted by molar-refractivity contribution is 0.242. The highest BCUT2D eigenvalue weighted by molar-refractivity contribution is 7.19. The van der Waals surface area contributed by atoms with Crippen LogP contribution in [0.15, 0.2) is 108 Å². The number of aromatic hydroxyl groups is 1. The van der Waals surface area contributed by atoms with Crippen LogP contribution < -0.4 is 21.9 Å². The molecule has 0 aliphatic rings. The second kappa shape index (κ2) is 32.2. The molecule has 14 heteroatoms. The summed E-state index contributed by atoms with van der Waals surface area (Å²) in [5, 5.41) is 14.8. The second-order valence-corrected chi connectivity index (χ2v) is 21.0. The number of benzene rings is 3. The fourth-order valence-corrected chi connectivity index (χ4v) is 8.07. The highest BCUT2D eigenvalue weighted by atomic mass is 35.5. The maximum atomic E-state index is 8.94. The van der Waals surface area contributed by atoms with Gasteiger partial charge in [0.25, 0.3) is 0 Å². The third-order valence-electron chi connectivity index (χ3n) is 8.53. The van der Waals surface area contributed by atoms with E-state index in [9.17, 15) is 0 Å². The van der Waals surface area contributed by atoms with Crippen molar-refractivity contribution in [3.8, 4) is 11.5 Å². The monoisotopic (exact) mass is 979 g/mol. The second-order valence-electron chi connectivity index (χ2n) is 16.7. The summed E-state index contributed by atoms with van der Waals surface area (Å²) >= 11 is 11.7. The number of anilines is 3. The van der Waals surface area contributed by atoms with E-state index in [2.05, 4.69) is 116 Å². The van der Waals surface area contributed by atoms with Gasteiger partial charge >= 0.3 is 0 Å². The number of nitrogens with two attached hydrogens (primary N) is 3. The number of ether oxygens (including phenoxy) is 1. The molecule has 0 saturated heterocycles. The van der Waals surface area contributed by atoms with E-state index in [4.69, 9.17) is 38.6 Å². The van der Waals surface area contributed by atoms with E-state index in [0.717, 1.165) is 23.0 Å². The molecule has 7 N–H and O–H groups in total. The number of para-hydroxylation sites is 1. The van der Waals surface area contributed by atoms with Crippen LogP contribution in [0.4, 0.5) is 15.4 Å². The van der Waals surface area contributed by atoms with Crippen molar-refractivity contribution < 1.29 is 9.84 Å². The molecule has 65 heavy (non-hydrogen) atoms. The lowest BCUT2D eigenvalue weighted by Gasteiger charge is -2.07. The zero-order chi connectivity index (χ0) is 49.1. The zero-order valence-corrected chi connectivity index (χ0v) is 44.8. The summed E-state index contributed by atoms with van der Waals surface area (Å²) in [6.45, 7) is 29.5. The number of hydrogen-bond donors (Lipinski definition) is 4. The molecular weight excluding hydrogens is 906 g/mol. The molecule has 4 aromatic heterocycles. The van der Waals surface area contributed by atoms with Gasteiger partial charge in [0.1, 0.15) is 21.7 Å².